The normalized spacial score (nSPS) is 9.80. The Hall–Kier alpha value is -1.84. The van der Waals surface area contributed by atoms with E-state index < -0.39 is 11.8 Å². The molecule has 1 aromatic carbocycles. The molecule has 0 spiro atoms. The van der Waals surface area contributed by atoms with Crippen molar-refractivity contribution in [1.29, 1.82) is 0 Å². The van der Waals surface area contributed by atoms with Gasteiger partial charge in [-0.3, -0.25) is 4.79 Å². The van der Waals surface area contributed by atoms with Crippen LogP contribution in [0, 0.1) is 6.92 Å². The van der Waals surface area contributed by atoms with Gasteiger partial charge in [-0.25, -0.2) is 4.79 Å². The number of aliphatic carboxylic acids is 1. The number of anilines is 1. The van der Waals surface area contributed by atoms with Gasteiger partial charge in [0.05, 0.1) is 5.56 Å². The highest BCUT2D eigenvalue weighted by atomic mass is 16.4. The summed E-state index contributed by atoms with van der Waals surface area (Å²) in [5.41, 5.74) is 1.83. The average molecular weight is 207 g/mol. The number of ketones is 1. The van der Waals surface area contributed by atoms with E-state index in [1.807, 2.05) is 6.92 Å². The molecular formula is C11H13NO3. The van der Waals surface area contributed by atoms with E-state index in [1.165, 1.54) is 0 Å². The van der Waals surface area contributed by atoms with E-state index in [9.17, 15) is 9.59 Å². The number of Topliss-reactive ketones (excluding diaryl/α,β-unsaturated/α-hetero) is 1. The Labute approximate surface area is 88.1 Å². The maximum atomic E-state index is 11.4. The van der Waals surface area contributed by atoms with E-state index in [-0.39, 0.29) is 5.56 Å². The largest absolute Gasteiger partial charge is 0.475 e. The molecule has 0 aliphatic rings. The second-order valence-electron chi connectivity index (χ2n) is 3.55. The average Bonchev–Trinajstić information content (AvgIpc) is 2.16. The van der Waals surface area contributed by atoms with E-state index in [0.29, 0.717) is 5.69 Å². The number of carbonyl (C=O) groups is 2. The molecule has 0 bridgehead atoms. The molecule has 0 heterocycles. The number of rotatable bonds is 3. The zero-order valence-electron chi connectivity index (χ0n) is 8.94. The SMILES string of the molecule is Cc1ccc(C(=O)C(=O)O)c(N(C)C)c1. The summed E-state index contributed by atoms with van der Waals surface area (Å²) < 4.78 is 0. The van der Waals surface area contributed by atoms with E-state index in [1.54, 1.807) is 37.2 Å². The third-order valence-corrected chi connectivity index (χ3v) is 2.07. The third kappa shape index (κ3) is 2.34. The Bertz CT molecular complexity index is 410. The van der Waals surface area contributed by atoms with E-state index in [4.69, 9.17) is 5.11 Å². The van der Waals surface area contributed by atoms with Gasteiger partial charge in [-0.05, 0) is 24.6 Å². The van der Waals surface area contributed by atoms with Gasteiger partial charge >= 0.3 is 5.97 Å². The number of hydrogen-bond donors (Lipinski definition) is 1. The molecule has 1 aromatic rings. The highest BCUT2D eigenvalue weighted by molar-refractivity contribution is 6.41. The van der Waals surface area contributed by atoms with Crippen LogP contribution in [-0.2, 0) is 4.79 Å². The minimum Gasteiger partial charge on any atom is -0.475 e. The smallest absolute Gasteiger partial charge is 0.377 e. The fourth-order valence-electron chi connectivity index (χ4n) is 1.32. The minimum atomic E-state index is -1.43. The molecule has 0 aliphatic carbocycles. The van der Waals surface area contributed by atoms with Crippen LogP contribution >= 0.6 is 0 Å². The molecule has 80 valence electrons. The number of nitrogens with zero attached hydrogens (tertiary/aromatic N) is 1. The van der Waals surface area contributed by atoms with Gasteiger partial charge in [0, 0.05) is 19.8 Å². The van der Waals surface area contributed by atoms with Crippen LogP contribution < -0.4 is 4.90 Å². The number of carbonyl (C=O) groups excluding carboxylic acids is 1. The molecule has 0 aromatic heterocycles. The molecule has 4 nitrogen and oxygen atoms in total. The van der Waals surface area contributed by atoms with E-state index >= 15 is 0 Å². The maximum absolute atomic E-state index is 11.4. The van der Waals surface area contributed by atoms with Gasteiger partial charge in [0.15, 0.2) is 0 Å². The molecule has 0 amide bonds. The molecule has 4 heteroatoms. The van der Waals surface area contributed by atoms with Crippen LogP contribution in [0.25, 0.3) is 0 Å². The Morgan fingerprint density at radius 1 is 1.27 bits per heavy atom. The summed E-state index contributed by atoms with van der Waals surface area (Å²) >= 11 is 0. The third-order valence-electron chi connectivity index (χ3n) is 2.07. The number of carboxylic acid groups (broad SMARTS) is 1. The predicted molar refractivity (Wildman–Crippen MR) is 57.5 cm³/mol. The fourth-order valence-corrected chi connectivity index (χ4v) is 1.32. The van der Waals surface area contributed by atoms with Gasteiger partial charge in [-0.15, -0.1) is 0 Å². The lowest BCUT2D eigenvalue weighted by atomic mass is 10.1. The molecule has 0 fully saturated rings. The van der Waals surface area contributed by atoms with Crippen molar-refractivity contribution < 1.29 is 14.7 Å². The molecule has 0 atom stereocenters. The molecule has 15 heavy (non-hydrogen) atoms. The summed E-state index contributed by atoms with van der Waals surface area (Å²) in [6.07, 6.45) is 0. The Morgan fingerprint density at radius 3 is 2.33 bits per heavy atom. The first-order chi connectivity index (χ1) is 6.93. The second-order valence-corrected chi connectivity index (χ2v) is 3.55. The van der Waals surface area contributed by atoms with Crippen LogP contribution in [0.1, 0.15) is 15.9 Å². The first kappa shape index (κ1) is 11.2. The Morgan fingerprint density at radius 2 is 1.87 bits per heavy atom. The van der Waals surface area contributed by atoms with Crippen LogP contribution in [0.15, 0.2) is 18.2 Å². The lowest BCUT2D eigenvalue weighted by Crippen LogP contribution is -2.19. The molecular weight excluding hydrogens is 194 g/mol. The molecule has 0 radical (unpaired) electrons. The van der Waals surface area contributed by atoms with Crippen molar-refractivity contribution in [1.82, 2.24) is 0 Å². The maximum Gasteiger partial charge on any atom is 0.377 e. The standard InChI is InChI=1S/C11H13NO3/c1-7-4-5-8(10(13)11(14)15)9(6-7)12(2)3/h4-6H,1-3H3,(H,14,15). The van der Waals surface area contributed by atoms with Crippen molar-refractivity contribution in [2.24, 2.45) is 0 Å². The highest BCUT2D eigenvalue weighted by Crippen LogP contribution is 2.20. The van der Waals surface area contributed by atoms with Crippen molar-refractivity contribution in [3.05, 3.63) is 29.3 Å². The second kappa shape index (κ2) is 4.13. The number of hydrogen-bond acceptors (Lipinski definition) is 3. The first-order valence-electron chi connectivity index (χ1n) is 4.49. The van der Waals surface area contributed by atoms with Gasteiger partial charge in [0.25, 0.3) is 5.78 Å². The van der Waals surface area contributed by atoms with Crippen LogP contribution in [0.2, 0.25) is 0 Å². The van der Waals surface area contributed by atoms with Gasteiger partial charge in [-0.2, -0.15) is 0 Å². The summed E-state index contributed by atoms with van der Waals surface area (Å²) in [6.45, 7) is 1.89. The number of aryl methyl sites for hydroxylation is 1. The number of carboxylic acids is 1. The molecule has 0 unspecified atom stereocenters. The highest BCUT2D eigenvalue weighted by Gasteiger charge is 2.19. The van der Waals surface area contributed by atoms with Crippen LogP contribution in [0.3, 0.4) is 0 Å². The summed E-state index contributed by atoms with van der Waals surface area (Å²) in [5, 5.41) is 8.64. The van der Waals surface area contributed by atoms with Crippen molar-refractivity contribution >= 4 is 17.4 Å². The fraction of sp³-hybridized carbons (Fsp3) is 0.273. The van der Waals surface area contributed by atoms with Crippen LogP contribution in [0.5, 0.6) is 0 Å². The van der Waals surface area contributed by atoms with E-state index in [0.717, 1.165) is 5.56 Å². The Kier molecular flexibility index (Phi) is 3.09. The first-order valence-corrected chi connectivity index (χ1v) is 4.49. The van der Waals surface area contributed by atoms with Crippen LogP contribution in [0.4, 0.5) is 5.69 Å². The van der Waals surface area contributed by atoms with Crippen molar-refractivity contribution in [2.45, 2.75) is 6.92 Å². The monoisotopic (exact) mass is 207 g/mol. The van der Waals surface area contributed by atoms with Gasteiger partial charge in [0.1, 0.15) is 0 Å². The van der Waals surface area contributed by atoms with Gasteiger partial charge < -0.3 is 10.0 Å². The van der Waals surface area contributed by atoms with Crippen molar-refractivity contribution in [2.75, 3.05) is 19.0 Å². The minimum absolute atomic E-state index is 0.220. The quantitative estimate of drug-likeness (QED) is 0.600. The lowest BCUT2D eigenvalue weighted by molar-refractivity contribution is -0.131. The predicted octanol–water partition coefficient (Wildman–Crippen LogP) is 1.33. The zero-order chi connectivity index (χ0) is 11.6. The van der Waals surface area contributed by atoms with Gasteiger partial charge in [0.2, 0.25) is 0 Å². The molecule has 1 rings (SSSR count). The molecule has 0 saturated heterocycles. The topological polar surface area (TPSA) is 57.6 Å². The summed E-state index contributed by atoms with van der Waals surface area (Å²) in [7, 11) is 3.54. The summed E-state index contributed by atoms with van der Waals surface area (Å²) in [5.74, 6) is -2.30. The molecule has 1 N–H and O–H groups in total. The summed E-state index contributed by atoms with van der Waals surface area (Å²) in [4.78, 5) is 23.7. The van der Waals surface area contributed by atoms with E-state index in [2.05, 4.69) is 0 Å². The van der Waals surface area contributed by atoms with Crippen molar-refractivity contribution in [3.63, 3.8) is 0 Å². The number of benzene rings is 1. The summed E-state index contributed by atoms with van der Waals surface area (Å²) in [6, 6.07) is 5.06. The molecule has 0 saturated carbocycles. The Balaban J connectivity index is 3.29. The molecule has 0 aliphatic heterocycles. The van der Waals surface area contributed by atoms with Gasteiger partial charge in [-0.1, -0.05) is 6.07 Å². The lowest BCUT2D eigenvalue weighted by Gasteiger charge is -2.16. The van der Waals surface area contributed by atoms with Crippen LogP contribution in [-0.4, -0.2) is 31.0 Å². The van der Waals surface area contributed by atoms with Crippen molar-refractivity contribution in [3.8, 4) is 0 Å². The zero-order valence-corrected chi connectivity index (χ0v) is 8.94.